The molecule has 0 aromatic rings. The first kappa shape index (κ1) is 25.0. The summed E-state index contributed by atoms with van der Waals surface area (Å²) >= 11 is 0. The van der Waals surface area contributed by atoms with Gasteiger partial charge in [-0.05, 0) is 44.6 Å². The second-order valence-electron chi connectivity index (χ2n) is 8.91. The fourth-order valence-electron chi connectivity index (χ4n) is 4.23. The van der Waals surface area contributed by atoms with Crippen LogP contribution in [0.25, 0.3) is 0 Å². The van der Waals surface area contributed by atoms with Crippen LogP contribution in [-0.4, -0.2) is 87.1 Å². The molecule has 1 saturated carbocycles. The van der Waals surface area contributed by atoms with Crippen LogP contribution in [0.15, 0.2) is 4.99 Å². The number of guanidine groups is 1. The molecule has 1 heterocycles. The van der Waals surface area contributed by atoms with Gasteiger partial charge in [0.25, 0.3) is 0 Å². The molecule has 2 rings (SSSR count). The van der Waals surface area contributed by atoms with Crippen molar-refractivity contribution in [1.29, 1.82) is 0 Å². The minimum absolute atomic E-state index is 0. The van der Waals surface area contributed by atoms with Crippen molar-refractivity contribution < 1.29 is 0 Å². The maximum absolute atomic E-state index is 4.97. The van der Waals surface area contributed by atoms with E-state index in [1.807, 2.05) is 0 Å². The molecule has 1 N–H and O–H groups in total. The summed E-state index contributed by atoms with van der Waals surface area (Å²) in [4.78, 5) is 12.4. The number of aliphatic imine (C=N–C) groups is 1. The summed E-state index contributed by atoms with van der Waals surface area (Å²) < 4.78 is 0. The summed E-state index contributed by atoms with van der Waals surface area (Å²) in [5.74, 6) is 3.46. The molecule has 27 heavy (non-hydrogen) atoms. The monoisotopic (exact) mass is 493 g/mol. The minimum atomic E-state index is 0. The van der Waals surface area contributed by atoms with Gasteiger partial charge in [-0.15, -0.1) is 24.0 Å². The highest BCUT2D eigenvalue weighted by Gasteiger charge is 2.21. The zero-order valence-corrected chi connectivity index (χ0v) is 20.7. The molecule has 0 aromatic heterocycles. The molecule has 0 amide bonds. The third-order valence-corrected chi connectivity index (χ3v) is 6.08. The second kappa shape index (κ2) is 13.2. The Morgan fingerprint density at radius 2 is 1.78 bits per heavy atom. The zero-order chi connectivity index (χ0) is 18.9. The molecule has 0 bridgehead atoms. The molecule has 2 aliphatic rings. The molecular formula is C21H44IN5. The lowest BCUT2D eigenvalue weighted by Crippen LogP contribution is -2.46. The summed E-state index contributed by atoms with van der Waals surface area (Å²) in [6.07, 6.45) is 5.55. The molecule has 5 nitrogen and oxygen atoms in total. The lowest BCUT2D eigenvalue weighted by Gasteiger charge is -2.34. The van der Waals surface area contributed by atoms with E-state index < -0.39 is 0 Å². The van der Waals surface area contributed by atoms with Gasteiger partial charge >= 0.3 is 0 Å². The Kier molecular flexibility index (Phi) is 12.2. The average molecular weight is 494 g/mol. The first-order chi connectivity index (χ1) is 12.5. The molecule has 6 heteroatoms. The Labute approximate surface area is 185 Å². The van der Waals surface area contributed by atoms with Crippen LogP contribution in [0.2, 0.25) is 0 Å². The topological polar surface area (TPSA) is 34.1 Å². The normalized spacial score (nSPS) is 26.3. The smallest absolute Gasteiger partial charge is 0.193 e. The molecular weight excluding hydrogens is 449 g/mol. The Balaban J connectivity index is 0.00000364. The number of hydrogen-bond donors (Lipinski definition) is 1. The van der Waals surface area contributed by atoms with Crippen LogP contribution in [-0.2, 0) is 0 Å². The van der Waals surface area contributed by atoms with Gasteiger partial charge in [-0.3, -0.25) is 4.99 Å². The van der Waals surface area contributed by atoms with Crippen molar-refractivity contribution in [2.45, 2.75) is 46.5 Å². The van der Waals surface area contributed by atoms with Crippen LogP contribution >= 0.6 is 24.0 Å². The predicted octanol–water partition coefficient (Wildman–Crippen LogP) is 3.21. The summed E-state index contributed by atoms with van der Waals surface area (Å²) in [6, 6.07) is 0. The number of halogens is 1. The molecule has 0 spiro atoms. The van der Waals surface area contributed by atoms with E-state index in [1.54, 1.807) is 0 Å². The summed E-state index contributed by atoms with van der Waals surface area (Å²) in [6.45, 7) is 15.9. The number of piperazine rings is 1. The van der Waals surface area contributed by atoms with Crippen LogP contribution < -0.4 is 5.32 Å². The van der Waals surface area contributed by atoms with E-state index in [2.05, 4.69) is 54.9 Å². The van der Waals surface area contributed by atoms with Gasteiger partial charge < -0.3 is 20.0 Å². The third-order valence-electron chi connectivity index (χ3n) is 6.08. The first-order valence-electron chi connectivity index (χ1n) is 10.9. The molecule has 1 atom stereocenters. The highest BCUT2D eigenvalue weighted by atomic mass is 127. The van der Waals surface area contributed by atoms with Gasteiger partial charge in [0.1, 0.15) is 0 Å². The molecule has 2 fully saturated rings. The van der Waals surface area contributed by atoms with Gasteiger partial charge in [-0.1, -0.05) is 26.7 Å². The fraction of sp³-hybridized carbons (Fsp3) is 0.952. The molecule has 1 aliphatic heterocycles. The van der Waals surface area contributed by atoms with E-state index in [-0.39, 0.29) is 24.0 Å². The highest BCUT2D eigenvalue weighted by molar-refractivity contribution is 14.0. The van der Waals surface area contributed by atoms with Gasteiger partial charge in [0.05, 0.1) is 0 Å². The van der Waals surface area contributed by atoms with Gasteiger partial charge in [-0.25, -0.2) is 0 Å². The van der Waals surface area contributed by atoms with E-state index >= 15 is 0 Å². The van der Waals surface area contributed by atoms with Crippen LogP contribution in [0.1, 0.15) is 46.5 Å². The minimum Gasteiger partial charge on any atom is -0.357 e. The van der Waals surface area contributed by atoms with E-state index in [9.17, 15) is 0 Å². The molecule has 0 radical (unpaired) electrons. The molecule has 160 valence electrons. The maximum Gasteiger partial charge on any atom is 0.193 e. The number of nitrogens with zero attached hydrogens (tertiary/aromatic N) is 4. The van der Waals surface area contributed by atoms with E-state index in [1.165, 1.54) is 58.4 Å². The van der Waals surface area contributed by atoms with Gasteiger partial charge in [0.15, 0.2) is 5.96 Å². The molecule has 0 aromatic carbocycles. The zero-order valence-electron chi connectivity index (χ0n) is 18.4. The van der Waals surface area contributed by atoms with Crippen LogP contribution in [0, 0.1) is 17.8 Å². The van der Waals surface area contributed by atoms with Gasteiger partial charge in [0.2, 0.25) is 0 Å². The van der Waals surface area contributed by atoms with Crippen LogP contribution in [0.5, 0.6) is 0 Å². The average Bonchev–Trinajstić information content (AvgIpc) is 2.62. The second-order valence-corrected chi connectivity index (χ2v) is 8.91. The van der Waals surface area contributed by atoms with E-state index in [0.717, 1.165) is 37.4 Å². The lowest BCUT2D eigenvalue weighted by atomic mass is 9.83. The van der Waals surface area contributed by atoms with Crippen molar-refractivity contribution in [1.82, 2.24) is 20.0 Å². The van der Waals surface area contributed by atoms with Crippen LogP contribution in [0.4, 0.5) is 0 Å². The highest BCUT2D eigenvalue weighted by Crippen LogP contribution is 2.28. The number of nitrogens with one attached hydrogen (secondary N) is 1. The molecule has 1 aliphatic carbocycles. The van der Waals surface area contributed by atoms with Crippen molar-refractivity contribution in [3.8, 4) is 0 Å². The Bertz CT molecular complexity index is 415. The fourth-order valence-corrected chi connectivity index (χ4v) is 4.23. The maximum atomic E-state index is 4.97. The molecule has 1 saturated heterocycles. The van der Waals surface area contributed by atoms with Crippen molar-refractivity contribution in [2.75, 3.05) is 66.5 Å². The van der Waals surface area contributed by atoms with Crippen molar-refractivity contribution in [3.05, 3.63) is 0 Å². The van der Waals surface area contributed by atoms with Gasteiger partial charge in [-0.2, -0.15) is 0 Å². The van der Waals surface area contributed by atoms with E-state index in [0.29, 0.717) is 5.92 Å². The SMILES string of the molecule is CCNC(=NCC(C)CN1CCN(C)CC1)N(C)CC1CCC(C)CC1.I. The van der Waals surface area contributed by atoms with Crippen molar-refractivity contribution in [2.24, 2.45) is 22.7 Å². The first-order valence-corrected chi connectivity index (χ1v) is 10.9. The quantitative estimate of drug-likeness (QED) is 0.336. The van der Waals surface area contributed by atoms with E-state index in [4.69, 9.17) is 4.99 Å². The Morgan fingerprint density at radius 3 is 2.37 bits per heavy atom. The number of likely N-dealkylation sites (N-methyl/N-ethyl adjacent to an activating group) is 1. The largest absolute Gasteiger partial charge is 0.357 e. The van der Waals surface area contributed by atoms with Crippen LogP contribution in [0.3, 0.4) is 0 Å². The number of hydrogen-bond acceptors (Lipinski definition) is 3. The standard InChI is InChI=1S/C21H43N5.HI/c1-6-22-21(25(5)17-20-9-7-18(2)8-10-20)23-15-19(3)16-26-13-11-24(4)12-14-26;/h18-20H,6-17H2,1-5H3,(H,22,23);1H. The predicted molar refractivity (Wildman–Crippen MR) is 128 cm³/mol. The van der Waals surface area contributed by atoms with Gasteiger partial charge in [0, 0.05) is 59.4 Å². The summed E-state index contributed by atoms with van der Waals surface area (Å²) in [5, 5.41) is 3.50. The summed E-state index contributed by atoms with van der Waals surface area (Å²) in [7, 11) is 4.43. The Morgan fingerprint density at radius 1 is 1.15 bits per heavy atom. The van der Waals surface area contributed by atoms with Crippen molar-refractivity contribution in [3.63, 3.8) is 0 Å². The lowest BCUT2D eigenvalue weighted by molar-refractivity contribution is 0.140. The third kappa shape index (κ3) is 9.31. The Hall–Kier alpha value is -0.0800. The number of rotatable bonds is 7. The van der Waals surface area contributed by atoms with Crippen molar-refractivity contribution >= 4 is 29.9 Å². The molecule has 1 unspecified atom stereocenters. The summed E-state index contributed by atoms with van der Waals surface area (Å²) in [5.41, 5.74) is 0.